The molecule has 0 N–H and O–H groups in total. The number of hydrogen-bond donors (Lipinski definition) is 0. The molecule has 0 radical (unpaired) electrons. The summed E-state index contributed by atoms with van der Waals surface area (Å²) >= 11 is 0. The van der Waals surface area contributed by atoms with Gasteiger partial charge in [0, 0.05) is 0 Å². The molecule has 0 aromatic heterocycles. The van der Waals surface area contributed by atoms with Crippen molar-refractivity contribution >= 4 is 6.08 Å². The molecular formula is C14H14. The monoisotopic (exact) mass is 182 g/mol. The fraction of sp³-hybridized carbons (Fsp3) is 0.286. The summed E-state index contributed by atoms with van der Waals surface area (Å²) in [5, 5.41) is 0. The number of benzene rings is 1. The highest BCUT2D eigenvalue weighted by molar-refractivity contribution is 5.56. The number of hydrogen-bond acceptors (Lipinski definition) is 0. The molecule has 1 fully saturated rings. The molecule has 0 aliphatic heterocycles. The van der Waals surface area contributed by atoms with Crippen molar-refractivity contribution in [1.82, 2.24) is 0 Å². The molecule has 2 rings (SSSR count). The Balaban J connectivity index is 2.25. The van der Waals surface area contributed by atoms with E-state index in [-0.39, 0.29) is 5.41 Å². The van der Waals surface area contributed by atoms with Gasteiger partial charge < -0.3 is 0 Å². The average Bonchev–Trinajstić information content (AvgIpc) is 3.00. The largest absolute Gasteiger partial charge is 0.119 e. The molecule has 0 amide bonds. The minimum Gasteiger partial charge on any atom is -0.119 e. The summed E-state index contributed by atoms with van der Waals surface area (Å²) in [6.45, 7) is 2.14. The van der Waals surface area contributed by atoms with Crippen LogP contribution in [0.4, 0.5) is 0 Å². The van der Waals surface area contributed by atoms with Crippen LogP contribution in [0.5, 0.6) is 0 Å². The van der Waals surface area contributed by atoms with Crippen molar-refractivity contribution in [3.8, 4) is 12.3 Å². The van der Waals surface area contributed by atoms with Gasteiger partial charge in [-0.1, -0.05) is 47.9 Å². The molecule has 1 saturated carbocycles. The van der Waals surface area contributed by atoms with Crippen LogP contribution < -0.4 is 0 Å². The third kappa shape index (κ3) is 1.59. The van der Waals surface area contributed by atoms with E-state index in [4.69, 9.17) is 6.42 Å². The lowest BCUT2D eigenvalue weighted by Crippen LogP contribution is -1.96. The van der Waals surface area contributed by atoms with Gasteiger partial charge in [-0.25, -0.2) is 0 Å². The third-order valence-electron chi connectivity index (χ3n) is 2.96. The van der Waals surface area contributed by atoms with Gasteiger partial charge in [-0.3, -0.25) is 0 Å². The Labute approximate surface area is 85.7 Å². The predicted molar refractivity (Wildman–Crippen MR) is 60.6 cm³/mol. The molecule has 0 unspecified atom stereocenters. The Morgan fingerprint density at radius 2 is 2.00 bits per heavy atom. The molecule has 1 aliphatic rings. The first-order chi connectivity index (χ1) is 6.77. The lowest BCUT2D eigenvalue weighted by atomic mass is 9.96. The Morgan fingerprint density at radius 1 is 1.36 bits per heavy atom. The highest BCUT2D eigenvalue weighted by atomic mass is 14.4. The molecule has 1 aromatic rings. The fourth-order valence-corrected chi connectivity index (χ4v) is 1.71. The second-order valence-electron chi connectivity index (χ2n) is 3.96. The summed E-state index contributed by atoms with van der Waals surface area (Å²) in [6.07, 6.45) is 10.0. The summed E-state index contributed by atoms with van der Waals surface area (Å²) in [5.74, 6) is 2.90. The van der Waals surface area contributed by atoms with Gasteiger partial charge in [0.25, 0.3) is 0 Å². The summed E-state index contributed by atoms with van der Waals surface area (Å²) in [7, 11) is 0. The molecule has 0 saturated heterocycles. The number of terminal acetylenes is 1. The van der Waals surface area contributed by atoms with Crippen LogP contribution in [0.3, 0.4) is 0 Å². The topological polar surface area (TPSA) is 0 Å². The van der Waals surface area contributed by atoms with E-state index in [2.05, 4.69) is 43.2 Å². The molecule has 0 nitrogen and oxygen atoms in total. The van der Waals surface area contributed by atoms with Crippen LogP contribution in [0.15, 0.2) is 35.9 Å². The van der Waals surface area contributed by atoms with E-state index in [1.807, 2.05) is 6.07 Å². The molecule has 70 valence electrons. The molecule has 0 atom stereocenters. The van der Waals surface area contributed by atoms with Crippen LogP contribution in [0.1, 0.15) is 25.3 Å². The Bertz CT molecular complexity index is 386. The van der Waals surface area contributed by atoms with Crippen LogP contribution in [0.2, 0.25) is 0 Å². The summed E-state index contributed by atoms with van der Waals surface area (Å²) in [5.41, 5.74) is 2.66. The average molecular weight is 182 g/mol. The smallest absolute Gasteiger partial charge is 0.0522 e. The van der Waals surface area contributed by atoms with Crippen molar-refractivity contribution in [3.05, 3.63) is 41.5 Å². The van der Waals surface area contributed by atoms with Crippen LogP contribution >= 0.6 is 0 Å². The van der Waals surface area contributed by atoms with E-state index in [0.717, 1.165) is 12.8 Å². The fourth-order valence-electron chi connectivity index (χ4n) is 1.71. The second-order valence-corrected chi connectivity index (χ2v) is 3.96. The van der Waals surface area contributed by atoms with Crippen LogP contribution in [0, 0.1) is 17.8 Å². The van der Waals surface area contributed by atoms with Gasteiger partial charge in [-0.15, -0.1) is 6.42 Å². The first kappa shape index (κ1) is 9.09. The van der Waals surface area contributed by atoms with Gasteiger partial charge in [0.1, 0.15) is 0 Å². The number of rotatable bonds is 2. The molecule has 0 heteroatoms. The molecule has 0 bridgehead atoms. The van der Waals surface area contributed by atoms with Gasteiger partial charge in [0.2, 0.25) is 0 Å². The lowest BCUT2D eigenvalue weighted by molar-refractivity contribution is 0.828. The van der Waals surface area contributed by atoms with Gasteiger partial charge >= 0.3 is 0 Å². The van der Waals surface area contributed by atoms with Crippen molar-refractivity contribution in [3.63, 3.8) is 0 Å². The molecular weight excluding hydrogens is 168 g/mol. The van der Waals surface area contributed by atoms with Gasteiger partial charge in [0.05, 0.1) is 5.41 Å². The summed E-state index contributed by atoms with van der Waals surface area (Å²) < 4.78 is 0. The van der Waals surface area contributed by atoms with Crippen LogP contribution in [0.25, 0.3) is 6.08 Å². The van der Waals surface area contributed by atoms with Crippen molar-refractivity contribution in [2.45, 2.75) is 19.8 Å². The van der Waals surface area contributed by atoms with E-state index < -0.39 is 0 Å². The zero-order valence-corrected chi connectivity index (χ0v) is 8.46. The number of allylic oxidation sites excluding steroid dienone is 1. The van der Waals surface area contributed by atoms with Crippen LogP contribution in [-0.2, 0) is 0 Å². The molecule has 1 aliphatic carbocycles. The normalized spacial score (nSPS) is 18.7. The Kier molecular flexibility index (Phi) is 2.17. The maximum absolute atomic E-state index is 5.53. The molecule has 1 aromatic carbocycles. The zero-order chi connectivity index (χ0) is 10.0. The predicted octanol–water partition coefficient (Wildman–Crippen LogP) is 3.50. The van der Waals surface area contributed by atoms with E-state index in [0.29, 0.717) is 0 Å². The summed E-state index contributed by atoms with van der Waals surface area (Å²) in [4.78, 5) is 0. The quantitative estimate of drug-likeness (QED) is 0.614. The maximum Gasteiger partial charge on any atom is 0.0522 e. The van der Waals surface area contributed by atoms with Crippen molar-refractivity contribution < 1.29 is 0 Å². The maximum atomic E-state index is 5.53. The van der Waals surface area contributed by atoms with Crippen molar-refractivity contribution in [2.24, 2.45) is 5.41 Å². The van der Waals surface area contributed by atoms with Crippen LogP contribution in [-0.4, -0.2) is 0 Å². The SMILES string of the molecule is C#CC1(/C(C)=C\c2ccccc2)CC1. The Morgan fingerprint density at radius 3 is 2.50 bits per heavy atom. The van der Waals surface area contributed by atoms with Gasteiger partial charge in [0.15, 0.2) is 0 Å². The van der Waals surface area contributed by atoms with E-state index in [1.54, 1.807) is 0 Å². The van der Waals surface area contributed by atoms with E-state index >= 15 is 0 Å². The standard InChI is InChI=1S/C14H14/c1-3-14(9-10-14)12(2)11-13-7-5-4-6-8-13/h1,4-8,11H,9-10H2,2H3/b12-11-. The van der Waals surface area contributed by atoms with Crippen molar-refractivity contribution in [2.75, 3.05) is 0 Å². The lowest BCUT2D eigenvalue weighted by Gasteiger charge is -2.07. The minimum atomic E-state index is 0.0931. The summed E-state index contributed by atoms with van der Waals surface area (Å²) in [6, 6.07) is 10.3. The molecule has 0 spiro atoms. The van der Waals surface area contributed by atoms with E-state index in [1.165, 1.54) is 11.1 Å². The van der Waals surface area contributed by atoms with Gasteiger partial charge in [-0.2, -0.15) is 0 Å². The Hall–Kier alpha value is -1.48. The minimum absolute atomic E-state index is 0.0931. The van der Waals surface area contributed by atoms with Crippen molar-refractivity contribution in [1.29, 1.82) is 0 Å². The first-order valence-electron chi connectivity index (χ1n) is 4.98. The molecule has 0 heterocycles. The zero-order valence-electron chi connectivity index (χ0n) is 8.46. The van der Waals surface area contributed by atoms with Gasteiger partial charge in [-0.05, 0) is 25.3 Å². The third-order valence-corrected chi connectivity index (χ3v) is 2.96. The highest BCUT2D eigenvalue weighted by Crippen LogP contribution is 2.51. The first-order valence-corrected chi connectivity index (χ1v) is 4.98. The molecule has 14 heavy (non-hydrogen) atoms. The second kappa shape index (κ2) is 3.35. The van der Waals surface area contributed by atoms with E-state index in [9.17, 15) is 0 Å². The highest BCUT2D eigenvalue weighted by Gasteiger charge is 2.42.